The summed E-state index contributed by atoms with van der Waals surface area (Å²) in [5.74, 6) is 0.259. The van der Waals surface area contributed by atoms with Crippen LogP contribution in [0.2, 0.25) is 0 Å². The fourth-order valence-corrected chi connectivity index (χ4v) is 2.49. The van der Waals surface area contributed by atoms with Crippen LogP contribution in [0.4, 0.5) is 0 Å². The van der Waals surface area contributed by atoms with Gasteiger partial charge >= 0.3 is 0 Å². The number of likely N-dealkylation sites (N-methyl/N-ethyl adjacent to an activating group) is 1. The SMILES string of the molecule is C/C=C/CCCCC(=O)NCCN(C)CCNC(=O)CCCC/C=C/C. The van der Waals surface area contributed by atoms with Crippen LogP contribution in [-0.4, -0.2) is 49.9 Å². The standard InChI is InChI=1S/C21H39N3O2/c1-4-6-8-10-12-14-20(25)22-16-18-24(3)19-17-23-21(26)15-13-11-9-7-5-2/h4-7H,8-19H2,1-3H3,(H,22,25)(H,23,26)/b6-4+,7-5+. The predicted octanol–water partition coefficient (Wildman–Crippen LogP) is 3.42. The minimum absolute atomic E-state index is 0.130. The number of carbonyl (C=O) groups is 2. The summed E-state index contributed by atoms with van der Waals surface area (Å²) in [6.45, 7) is 6.93. The van der Waals surface area contributed by atoms with E-state index in [1.807, 2.05) is 33.0 Å². The summed E-state index contributed by atoms with van der Waals surface area (Å²) in [6.07, 6.45) is 15.7. The van der Waals surface area contributed by atoms with Crippen molar-refractivity contribution in [2.45, 2.75) is 65.2 Å². The first-order valence-corrected chi connectivity index (χ1v) is 10.0. The van der Waals surface area contributed by atoms with Gasteiger partial charge in [0.2, 0.25) is 11.8 Å². The third-order valence-electron chi connectivity index (χ3n) is 4.15. The van der Waals surface area contributed by atoms with Gasteiger partial charge in [0.25, 0.3) is 0 Å². The van der Waals surface area contributed by atoms with E-state index in [0.717, 1.165) is 51.6 Å². The van der Waals surface area contributed by atoms with Crippen molar-refractivity contribution in [3.05, 3.63) is 24.3 Å². The average Bonchev–Trinajstić information content (AvgIpc) is 2.61. The van der Waals surface area contributed by atoms with Gasteiger partial charge in [-0.2, -0.15) is 0 Å². The smallest absolute Gasteiger partial charge is 0.220 e. The van der Waals surface area contributed by atoms with Crippen LogP contribution in [0, 0.1) is 0 Å². The molecule has 5 nitrogen and oxygen atoms in total. The molecule has 0 aromatic carbocycles. The van der Waals surface area contributed by atoms with Crippen molar-refractivity contribution in [3.8, 4) is 0 Å². The van der Waals surface area contributed by atoms with Crippen molar-refractivity contribution in [2.24, 2.45) is 0 Å². The molecular formula is C21H39N3O2. The van der Waals surface area contributed by atoms with Crippen molar-refractivity contribution in [3.63, 3.8) is 0 Å². The first-order valence-electron chi connectivity index (χ1n) is 10.0. The number of hydrogen-bond donors (Lipinski definition) is 2. The molecule has 5 heteroatoms. The summed E-state index contributed by atoms with van der Waals surface area (Å²) in [4.78, 5) is 25.6. The Bertz CT molecular complexity index is 381. The lowest BCUT2D eigenvalue weighted by Gasteiger charge is -2.17. The zero-order valence-corrected chi connectivity index (χ0v) is 17.1. The number of carbonyl (C=O) groups excluding carboxylic acids is 2. The monoisotopic (exact) mass is 365 g/mol. The molecule has 0 aliphatic carbocycles. The number of allylic oxidation sites excluding steroid dienone is 4. The number of unbranched alkanes of at least 4 members (excludes halogenated alkanes) is 4. The Morgan fingerprint density at radius 3 is 1.58 bits per heavy atom. The minimum atomic E-state index is 0.130. The van der Waals surface area contributed by atoms with Gasteiger partial charge in [0, 0.05) is 39.0 Å². The minimum Gasteiger partial charge on any atom is -0.355 e. The molecule has 26 heavy (non-hydrogen) atoms. The van der Waals surface area contributed by atoms with Gasteiger partial charge < -0.3 is 15.5 Å². The molecule has 2 amide bonds. The third kappa shape index (κ3) is 17.2. The first kappa shape index (κ1) is 24.4. The Morgan fingerprint density at radius 2 is 1.19 bits per heavy atom. The van der Waals surface area contributed by atoms with Gasteiger partial charge in [0.05, 0.1) is 0 Å². The van der Waals surface area contributed by atoms with Crippen LogP contribution in [0.25, 0.3) is 0 Å². The van der Waals surface area contributed by atoms with E-state index in [2.05, 4.69) is 27.7 Å². The molecule has 0 aromatic heterocycles. The topological polar surface area (TPSA) is 61.4 Å². The van der Waals surface area contributed by atoms with Crippen LogP contribution in [0.3, 0.4) is 0 Å². The van der Waals surface area contributed by atoms with E-state index in [1.165, 1.54) is 0 Å². The van der Waals surface area contributed by atoms with Crippen LogP contribution in [0.5, 0.6) is 0 Å². The number of rotatable bonds is 16. The molecule has 0 saturated carbocycles. The van der Waals surface area contributed by atoms with Crippen molar-refractivity contribution >= 4 is 11.8 Å². The number of amides is 2. The lowest BCUT2D eigenvalue weighted by molar-refractivity contribution is -0.121. The summed E-state index contributed by atoms with van der Waals surface area (Å²) in [5.41, 5.74) is 0. The Balaban J connectivity index is 3.51. The quantitative estimate of drug-likeness (QED) is 0.325. The molecule has 0 unspecified atom stereocenters. The highest BCUT2D eigenvalue weighted by Crippen LogP contribution is 2.01. The molecule has 0 aliphatic rings. The van der Waals surface area contributed by atoms with E-state index in [4.69, 9.17) is 0 Å². The van der Waals surface area contributed by atoms with Crippen LogP contribution in [0.1, 0.15) is 65.2 Å². The number of nitrogens with zero attached hydrogens (tertiary/aromatic N) is 1. The number of hydrogen-bond acceptors (Lipinski definition) is 3. The molecule has 0 bridgehead atoms. The molecule has 0 saturated heterocycles. The van der Waals surface area contributed by atoms with E-state index in [0.29, 0.717) is 25.9 Å². The second-order valence-corrected chi connectivity index (χ2v) is 6.63. The molecule has 0 radical (unpaired) electrons. The molecule has 150 valence electrons. The summed E-state index contributed by atoms with van der Waals surface area (Å²) in [7, 11) is 2.01. The highest BCUT2D eigenvalue weighted by atomic mass is 16.2. The molecule has 0 aromatic rings. The summed E-state index contributed by atoms with van der Waals surface area (Å²) in [6, 6.07) is 0. The van der Waals surface area contributed by atoms with Gasteiger partial charge in [-0.25, -0.2) is 0 Å². The fraction of sp³-hybridized carbons (Fsp3) is 0.714. The second-order valence-electron chi connectivity index (χ2n) is 6.63. The highest BCUT2D eigenvalue weighted by molar-refractivity contribution is 5.76. The van der Waals surface area contributed by atoms with Gasteiger partial charge in [0.1, 0.15) is 0 Å². The van der Waals surface area contributed by atoms with E-state index in [1.54, 1.807) is 0 Å². The predicted molar refractivity (Wildman–Crippen MR) is 110 cm³/mol. The van der Waals surface area contributed by atoms with E-state index < -0.39 is 0 Å². The summed E-state index contributed by atoms with van der Waals surface area (Å²) in [5, 5.41) is 5.91. The molecule has 0 fully saturated rings. The molecule has 0 aliphatic heterocycles. The van der Waals surface area contributed by atoms with Crippen LogP contribution < -0.4 is 10.6 Å². The molecule has 0 heterocycles. The zero-order chi connectivity index (χ0) is 19.5. The van der Waals surface area contributed by atoms with Crippen LogP contribution in [0.15, 0.2) is 24.3 Å². The Kier molecular flexibility index (Phi) is 17.0. The lowest BCUT2D eigenvalue weighted by Crippen LogP contribution is -2.37. The normalized spacial score (nSPS) is 11.5. The van der Waals surface area contributed by atoms with Crippen molar-refractivity contribution in [2.75, 3.05) is 33.2 Å². The van der Waals surface area contributed by atoms with Crippen LogP contribution in [-0.2, 0) is 9.59 Å². The van der Waals surface area contributed by atoms with E-state index in [-0.39, 0.29) is 11.8 Å². The molecular weight excluding hydrogens is 326 g/mol. The highest BCUT2D eigenvalue weighted by Gasteiger charge is 2.04. The first-order chi connectivity index (χ1) is 12.6. The Morgan fingerprint density at radius 1 is 0.769 bits per heavy atom. The van der Waals surface area contributed by atoms with Gasteiger partial charge in [-0.3, -0.25) is 9.59 Å². The van der Waals surface area contributed by atoms with Crippen LogP contribution >= 0.6 is 0 Å². The van der Waals surface area contributed by atoms with Crippen molar-refractivity contribution < 1.29 is 9.59 Å². The molecule has 2 N–H and O–H groups in total. The maximum atomic E-state index is 11.7. The molecule has 0 atom stereocenters. The van der Waals surface area contributed by atoms with E-state index >= 15 is 0 Å². The fourth-order valence-electron chi connectivity index (χ4n) is 2.49. The van der Waals surface area contributed by atoms with Crippen molar-refractivity contribution in [1.29, 1.82) is 0 Å². The maximum Gasteiger partial charge on any atom is 0.220 e. The second kappa shape index (κ2) is 18.2. The molecule has 0 rings (SSSR count). The molecule has 0 spiro atoms. The Labute approximate surface area is 160 Å². The Hall–Kier alpha value is -1.62. The lowest BCUT2D eigenvalue weighted by atomic mass is 10.2. The zero-order valence-electron chi connectivity index (χ0n) is 17.1. The summed E-state index contributed by atoms with van der Waals surface area (Å²) >= 11 is 0. The van der Waals surface area contributed by atoms with Gasteiger partial charge in [-0.1, -0.05) is 24.3 Å². The number of nitrogens with one attached hydrogen (secondary N) is 2. The third-order valence-corrected chi connectivity index (χ3v) is 4.15. The van der Waals surface area contributed by atoms with E-state index in [9.17, 15) is 9.59 Å². The van der Waals surface area contributed by atoms with Gasteiger partial charge in [-0.05, 0) is 59.4 Å². The maximum absolute atomic E-state index is 11.7. The van der Waals surface area contributed by atoms with Gasteiger partial charge in [-0.15, -0.1) is 0 Å². The van der Waals surface area contributed by atoms with Crippen molar-refractivity contribution in [1.82, 2.24) is 15.5 Å². The largest absolute Gasteiger partial charge is 0.355 e. The average molecular weight is 366 g/mol. The summed E-state index contributed by atoms with van der Waals surface area (Å²) < 4.78 is 0. The van der Waals surface area contributed by atoms with Gasteiger partial charge in [0.15, 0.2) is 0 Å².